The fraction of sp³-hybridized carbons (Fsp3) is 0.235. The number of hydrogen-bond acceptors (Lipinski definition) is 2. The zero-order valence-electron chi connectivity index (χ0n) is 12.4. The number of anilines is 1. The van der Waals surface area contributed by atoms with Gasteiger partial charge in [-0.1, -0.05) is 43.3 Å². The van der Waals surface area contributed by atoms with Gasteiger partial charge in [0.05, 0.1) is 5.92 Å². The maximum atomic E-state index is 12.4. The molecule has 2 aromatic carbocycles. The minimum Gasteiger partial charge on any atom is -0.406 e. The molecule has 1 atom stereocenters. The van der Waals surface area contributed by atoms with Gasteiger partial charge in [0.2, 0.25) is 5.91 Å². The van der Waals surface area contributed by atoms with Gasteiger partial charge in [-0.25, -0.2) is 0 Å². The summed E-state index contributed by atoms with van der Waals surface area (Å²) in [7, 11) is 0. The fourth-order valence-electron chi connectivity index (χ4n) is 2.26. The van der Waals surface area contributed by atoms with Gasteiger partial charge in [0, 0.05) is 11.8 Å². The smallest absolute Gasteiger partial charge is 0.406 e. The van der Waals surface area contributed by atoms with Crippen LogP contribution in [-0.2, 0) is 4.79 Å². The monoisotopic (exact) mass is 323 g/mol. The molecule has 122 valence electrons. The van der Waals surface area contributed by atoms with Gasteiger partial charge in [0.1, 0.15) is 5.75 Å². The molecule has 3 nitrogen and oxygen atoms in total. The SMILES string of the molecule is CC[C@@H](C(=O)Nc1cccc(OC(F)(F)F)c1)c1ccccc1. The van der Waals surface area contributed by atoms with Crippen molar-refractivity contribution in [1.82, 2.24) is 0 Å². The average molecular weight is 323 g/mol. The lowest BCUT2D eigenvalue weighted by Crippen LogP contribution is -2.21. The zero-order chi connectivity index (χ0) is 16.9. The second-order valence-corrected chi connectivity index (χ2v) is 4.94. The van der Waals surface area contributed by atoms with Gasteiger partial charge in [-0.15, -0.1) is 13.2 Å². The topological polar surface area (TPSA) is 38.3 Å². The van der Waals surface area contributed by atoms with E-state index in [1.807, 2.05) is 37.3 Å². The number of benzene rings is 2. The molecule has 0 radical (unpaired) electrons. The van der Waals surface area contributed by atoms with Crippen molar-refractivity contribution < 1.29 is 22.7 Å². The summed E-state index contributed by atoms with van der Waals surface area (Å²) >= 11 is 0. The Labute approximate surface area is 132 Å². The predicted octanol–water partition coefficient (Wildman–Crippen LogP) is 4.72. The van der Waals surface area contributed by atoms with Crippen LogP contribution in [0.2, 0.25) is 0 Å². The van der Waals surface area contributed by atoms with Gasteiger partial charge in [-0.3, -0.25) is 4.79 Å². The Hall–Kier alpha value is -2.50. The van der Waals surface area contributed by atoms with Crippen LogP contribution < -0.4 is 10.1 Å². The molecule has 0 spiro atoms. The molecular weight excluding hydrogens is 307 g/mol. The zero-order valence-corrected chi connectivity index (χ0v) is 12.4. The Morgan fingerprint density at radius 1 is 1.13 bits per heavy atom. The normalized spacial score (nSPS) is 12.5. The first-order valence-electron chi connectivity index (χ1n) is 7.10. The minimum atomic E-state index is -4.77. The Balaban J connectivity index is 2.12. The van der Waals surface area contributed by atoms with E-state index in [2.05, 4.69) is 10.1 Å². The van der Waals surface area contributed by atoms with E-state index in [0.717, 1.165) is 11.6 Å². The molecule has 0 aromatic heterocycles. The largest absolute Gasteiger partial charge is 0.573 e. The van der Waals surface area contributed by atoms with Crippen molar-refractivity contribution >= 4 is 11.6 Å². The molecule has 2 aromatic rings. The molecule has 0 fully saturated rings. The molecule has 2 rings (SSSR count). The summed E-state index contributed by atoms with van der Waals surface area (Å²) in [5.74, 6) is -1.02. The van der Waals surface area contributed by atoms with Crippen molar-refractivity contribution in [3.05, 3.63) is 60.2 Å². The molecule has 0 bridgehead atoms. The number of hydrogen-bond donors (Lipinski definition) is 1. The van der Waals surface area contributed by atoms with Crippen LogP contribution in [-0.4, -0.2) is 12.3 Å². The second-order valence-electron chi connectivity index (χ2n) is 4.94. The summed E-state index contributed by atoms with van der Waals surface area (Å²) < 4.78 is 40.5. The molecule has 0 aliphatic heterocycles. The van der Waals surface area contributed by atoms with Crippen LogP contribution in [0.4, 0.5) is 18.9 Å². The lowest BCUT2D eigenvalue weighted by atomic mass is 9.95. The van der Waals surface area contributed by atoms with Crippen LogP contribution >= 0.6 is 0 Å². The number of halogens is 3. The fourth-order valence-corrected chi connectivity index (χ4v) is 2.26. The lowest BCUT2D eigenvalue weighted by Gasteiger charge is -2.16. The number of amides is 1. The van der Waals surface area contributed by atoms with Crippen LogP contribution in [0, 0.1) is 0 Å². The van der Waals surface area contributed by atoms with Crippen molar-refractivity contribution in [2.75, 3.05) is 5.32 Å². The maximum Gasteiger partial charge on any atom is 0.573 e. The van der Waals surface area contributed by atoms with E-state index in [4.69, 9.17) is 0 Å². The highest BCUT2D eigenvalue weighted by molar-refractivity contribution is 5.95. The number of nitrogens with one attached hydrogen (secondary N) is 1. The van der Waals surface area contributed by atoms with E-state index in [1.165, 1.54) is 18.2 Å². The van der Waals surface area contributed by atoms with Gasteiger partial charge in [0.25, 0.3) is 0 Å². The summed E-state index contributed by atoms with van der Waals surface area (Å²) in [6, 6.07) is 14.4. The van der Waals surface area contributed by atoms with Gasteiger partial charge in [-0.05, 0) is 24.1 Å². The summed E-state index contributed by atoms with van der Waals surface area (Å²) in [6.45, 7) is 1.88. The molecule has 0 saturated heterocycles. The average Bonchev–Trinajstić information content (AvgIpc) is 2.47. The quantitative estimate of drug-likeness (QED) is 0.865. The molecule has 0 aliphatic rings. The molecule has 1 amide bonds. The number of ether oxygens (including phenoxy) is 1. The Morgan fingerprint density at radius 2 is 1.83 bits per heavy atom. The maximum absolute atomic E-state index is 12.4. The minimum absolute atomic E-state index is 0.256. The van der Waals surface area contributed by atoms with Crippen molar-refractivity contribution in [3.8, 4) is 5.75 Å². The number of rotatable bonds is 5. The van der Waals surface area contributed by atoms with E-state index >= 15 is 0 Å². The van der Waals surface area contributed by atoms with Crippen LogP contribution in [0.3, 0.4) is 0 Å². The van der Waals surface area contributed by atoms with Crippen LogP contribution in [0.25, 0.3) is 0 Å². The van der Waals surface area contributed by atoms with Gasteiger partial charge in [-0.2, -0.15) is 0 Å². The first-order valence-corrected chi connectivity index (χ1v) is 7.10. The van der Waals surface area contributed by atoms with E-state index in [1.54, 1.807) is 0 Å². The Bertz CT molecular complexity index is 656. The summed E-state index contributed by atoms with van der Waals surface area (Å²) in [5, 5.41) is 2.63. The molecule has 6 heteroatoms. The van der Waals surface area contributed by atoms with Crippen molar-refractivity contribution in [2.24, 2.45) is 0 Å². The highest BCUT2D eigenvalue weighted by Gasteiger charge is 2.31. The number of carbonyl (C=O) groups excluding carboxylic acids is 1. The summed E-state index contributed by atoms with van der Waals surface area (Å²) in [4.78, 5) is 12.4. The van der Waals surface area contributed by atoms with E-state index < -0.39 is 6.36 Å². The molecule has 0 heterocycles. The summed E-state index contributed by atoms with van der Waals surface area (Å²) in [5.41, 5.74) is 1.11. The molecular formula is C17H16F3NO2. The number of alkyl halides is 3. The van der Waals surface area contributed by atoms with Crippen LogP contribution in [0.15, 0.2) is 54.6 Å². The third kappa shape index (κ3) is 5.02. The third-order valence-electron chi connectivity index (χ3n) is 3.26. The highest BCUT2D eigenvalue weighted by atomic mass is 19.4. The third-order valence-corrected chi connectivity index (χ3v) is 3.26. The Morgan fingerprint density at radius 3 is 2.43 bits per heavy atom. The van der Waals surface area contributed by atoms with Crippen molar-refractivity contribution in [1.29, 1.82) is 0 Å². The Kier molecular flexibility index (Phi) is 5.26. The lowest BCUT2D eigenvalue weighted by molar-refractivity contribution is -0.274. The van der Waals surface area contributed by atoms with E-state index in [0.29, 0.717) is 6.42 Å². The van der Waals surface area contributed by atoms with Crippen LogP contribution in [0.5, 0.6) is 5.75 Å². The molecule has 23 heavy (non-hydrogen) atoms. The van der Waals surface area contributed by atoms with Crippen molar-refractivity contribution in [3.63, 3.8) is 0 Å². The van der Waals surface area contributed by atoms with E-state index in [-0.39, 0.29) is 23.3 Å². The standard InChI is InChI=1S/C17H16F3NO2/c1-2-15(12-7-4-3-5-8-12)16(22)21-13-9-6-10-14(11-13)23-17(18,19)20/h3-11,15H,2H2,1H3,(H,21,22)/t15-/m1/s1. The summed E-state index contributed by atoms with van der Waals surface area (Å²) in [6.07, 6.45) is -4.19. The first kappa shape index (κ1) is 16.9. The van der Waals surface area contributed by atoms with Crippen LogP contribution in [0.1, 0.15) is 24.8 Å². The van der Waals surface area contributed by atoms with Crippen molar-refractivity contribution in [2.45, 2.75) is 25.6 Å². The second kappa shape index (κ2) is 7.17. The van der Waals surface area contributed by atoms with Gasteiger partial charge >= 0.3 is 6.36 Å². The molecule has 1 N–H and O–H groups in total. The van der Waals surface area contributed by atoms with E-state index in [9.17, 15) is 18.0 Å². The predicted molar refractivity (Wildman–Crippen MR) is 81.2 cm³/mol. The van der Waals surface area contributed by atoms with Gasteiger partial charge < -0.3 is 10.1 Å². The molecule has 0 aliphatic carbocycles. The first-order chi connectivity index (χ1) is 10.9. The number of carbonyl (C=O) groups is 1. The molecule has 0 unspecified atom stereocenters. The molecule has 0 saturated carbocycles. The highest BCUT2D eigenvalue weighted by Crippen LogP contribution is 2.26. The van der Waals surface area contributed by atoms with Gasteiger partial charge in [0.15, 0.2) is 0 Å².